The molecule has 5 nitrogen and oxygen atoms in total. The normalized spacial score (nSPS) is 11.9. The molecule has 0 aliphatic heterocycles. The molecule has 2 aromatic carbocycles. The van der Waals surface area contributed by atoms with E-state index >= 15 is 0 Å². The van der Waals surface area contributed by atoms with Crippen molar-refractivity contribution in [2.24, 2.45) is 5.73 Å². The van der Waals surface area contributed by atoms with Crippen molar-refractivity contribution in [3.05, 3.63) is 63.9 Å². The highest BCUT2D eigenvalue weighted by Crippen LogP contribution is 2.26. The summed E-state index contributed by atoms with van der Waals surface area (Å²) in [7, 11) is 0. The van der Waals surface area contributed by atoms with Crippen LogP contribution in [0.5, 0.6) is 0 Å². The second-order valence-electron chi connectivity index (χ2n) is 6.01. The van der Waals surface area contributed by atoms with Crippen molar-refractivity contribution in [2.45, 2.75) is 19.4 Å². The van der Waals surface area contributed by atoms with E-state index in [1.807, 2.05) is 6.92 Å². The van der Waals surface area contributed by atoms with Crippen molar-refractivity contribution in [2.75, 3.05) is 18.0 Å². The van der Waals surface area contributed by atoms with Crippen LogP contribution in [0, 0.1) is 5.82 Å². The first-order chi connectivity index (χ1) is 12.8. The van der Waals surface area contributed by atoms with E-state index in [-0.39, 0.29) is 31.5 Å². The molecular formula is C19H20Cl2FN3O2. The number of anilines is 1. The monoisotopic (exact) mass is 411 g/mol. The molecule has 0 radical (unpaired) electrons. The van der Waals surface area contributed by atoms with Crippen LogP contribution in [-0.4, -0.2) is 24.9 Å². The Morgan fingerprint density at radius 2 is 1.85 bits per heavy atom. The molecule has 0 saturated heterocycles. The van der Waals surface area contributed by atoms with Gasteiger partial charge in [-0.25, -0.2) is 4.39 Å². The lowest BCUT2D eigenvalue weighted by Crippen LogP contribution is -2.40. The minimum Gasteiger partial charge on any atom is -0.370 e. The summed E-state index contributed by atoms with van der Waals surface area (Å²) >= 11 is 12.1. The molecule has 0 aliphatic rings. The Labute approximate surface area is 167 Å². The summed E-state index contributed by atoms with van der Waals surface area (Å²) in [4.78, 5) is 25.2. The number of benzene rings is 2. The van der Waals surface area contributed by atoms with Crippen LogP contribution in [0.15, 0.2) is 42.5 Å². The van der Waals surface area contributed by atoms with Gasteiger partial charge in [-0.05, 0) is 48.9 Å². The van der Waals surface area contributed by atoms with E-state index in [2.05, 4.69) is 5.32 Å². The minimum atomic E-state index is -0.524. The maximum absolute atomic E-state index is 13.2. The van der Waals surface area contributed by atoms with Crippen LogP contribution in [-0.2, 0) is 9.59 Å². The summed E-state index contributed by atoms with van der Waals surface area (Å²) in [6.07, 6.45) is 0.00167. The van der Waals surface area contributed by atoms with Gasteiger partial charge in [0.25, 0.3) is 0 Å². The largest absolute Gasteiger partial charge is 0.370 e. The Hall–Kier alpha value is -2.15. The first kappa shape index (κ1) is 21.2. The van der Waals surface area contributed by atoms with Crippen molar-refractivity contribution < 1.29 is 14.0 Å². The summed E-state index contributed by atoms with van der Waals surface area (Å²) in [5, 5.41) is 4.13. The van der Waals surface area contributed by atoms with Gasteiger partial charge in [-0.15, -0.1) is 0 Å². The molecule has 2 amide bonds. The van der Waals surface area contributed by atoms with Gasteiger partial charge in [-0.1, -0.05) is 29.3 Å². The average Bonchev–Trinajstić information content (AvgIpc) is 2.61. The summed E-state index contributed by atoms with van der Waals surface area (Å²) in [5.41, 5.74) is 6.48. The van der Waals surface area contributed by atoms with Crippen LogP contribution >= 0.6 is 23.2 Å². The smallest absolute Gasteiger partial charge is 0.240 e. The second-order valence-corrected chi connectivity index (χ2v) is 6.85. The summed E-state index contributed by atoms with van der Waals surface area (Å²) in [6, 6.07) is 10.4. The molecule has 1 unspecified atom stereocenters. The van der Waals surface area contributed by atoms with E-state index in [0.717, 1.165) is 5.56 Å². The van der Waals surface area contributed by atoms with E-state index in [4.69, 9.17) is 28.9 Å². The summed E-state index contributed by atoms with van der Waals surface area (Å²) in [6.45, 7) is 1.97. The number of hydrogen-bond acceptors (Lipinski definition) is 3. The van der Waals surface area contributed by atoms with Crippen molar-refractivity contribution in [3.63, 3.8) is 0 Å². The van der Waals surface area contributed by atoms with E-state index < -0.39 is 11.7 Å². The third kappa shape index (κ3) is 6.20. The van der Waals surface area contributed by atoms with Crippen molar-refractivity contribution in [1.82, 2.24) is 5.32 Å². The molecule has 3 N–H and O–H groups in total. The molecule has 0 aliphatic carbocycles. The zero-order chi connectivity index (χ0) is 20.0. The van der Waals surface area contributed by atoms with E-state index in [1.165, 1.54) is 29.2 Å². The summed E-state index contributed by atoms with van der Waals surface area (Å²) in [5.74, 6) is -1.21. The molecule has 144 valence electrons. The fourth-order valence-electron chi connectivity index (χ4n) is 2.54. The second kappa shape index (κ2) is 9.69. The number of primary amides is 1. The van der Waals surface area contributed by atoms with Gasteiger partial charge in [0.15, 0.2) is 0 Å². The molecule has 8 heteroatoms. The number of nitrogens with one attached hydrogen (secondary N) is 1. The lowest BCUT2D eigenvalue weighted by atomic mass is 10.1. The first-order valence-electron chi connectivity index (χ1n) is 8.30. The molecule has 0 aromatic heterocycles. The van der Waals surface area contributed by atoms with Crippen LogP contribution in [0.1, 0.15) is 24.9 Å². The number of rotatable bonds is 8. The molecular weight excluding hydrogens is 392 g/mol. The van der Waals surface area contributed by atoms with Crippen LogP contribution in [0.25, 0.3) is 0 Å². The molecule has 27 heavy (non-hydrogen) atoms. The Morgan fingerprint density at radius 3 is 2.44 bits per heavy atom. The zero-order valence-corrected chi connectivity index (χ0v) is 16.2. The minimum absolute atomic E-state index is 0.00167. The highest BCUT2D eigenvalue weighted by atomic mass is 35.5. The lowest BCUT2D eigenvalue weighted by molar-refractivity contribution is -0.118. The van der Waals surface area contributed by atoms with Gasteiger partial charge in [-0.3, -0.25) is 9.59 Å². The molecule has 0 fully saturated rings. The molecule has 2 rings (SSSR count). The third-order valence-electron chi connectivity index (χ3n) is 4.01. The highest BCUT2D eigenvalue weighted by Gasteiger charge is 2.18. The van der Waals surface area contributed by atoms with E-state index in [1.54, 1.807) is 18.2 Å². The average molecular weight is 412 g/mol. The van der Waals surface area contributed by atoms with Gasteiger partial charge in [0.1, 0.15) is 5.82 Å². The molecule has 1 atom stereocenters. The van der Waals surface area contributed by atoms with Gasteiger partial charge >= 0.3 is 0 Å². The van der Waals surface area contributed by atoms with Gasteiger partial charge in [-0.2, -0.15) is 0 Å². The first-order valence-corrected chi connectivity index (χ1v) is 9.06. The zero-order valence-electron chi connectivity index (χ0n) is 14.7. The summed E-state index contributed by atoms with van der Waals surface area (Å²) < 4.78 is 13.2. The maximum Gasteiger partial charge on any atom is 0.240 e. The van der Waals surface area contributed by atoms with Crippen LogP contribution in [0.2, 0.25) is 10.0 Å². The lowest BCUT2D eigenvalue weighted by Gasteiger charge is -2.24. The molecule has 0 heterocycles. The van der Waals surface area contributed by atoms with Crippen LogP contribution < -0.4 is 16.0 Å². The predicted octanol–water partition coefficient (Wildman–Crippen LogP) is 3.69. The molecule has 0 spiro atoms. The van der Waals surface area contributed by atoms with E-state index in [9.17, 15) is 14.0 Å². The van der Waals surface area contributed by atoms with Crippen LogP contribution in [0.3, 0.4) is 0 Å². The number of carbonyl (C=O) groups excluding carboxylic acids is 2. The van der Waals surface area contributed by atoms with Gasteiger partial charge < -0.3 is 16.0 Å². The van der Waals surface area contributed by atoms with Crippen LogP contribution in [0.4, 0.5) is 10.1 Å². The number of halogens is 3. The SMILES string of the molecule is CC(NCC(=O)N(CCC(N)=O)c1ccc(F)cc1)c1ccc(Cl)cc1Cl. The molecule has 0 saturated carbocycles. The number of nitrogens with zero attached hydrogens (tertiary/aromatic N) is 1. The fraction of sp³-hybridized carbons (Fsp3) is 0.263. The Balaban J connectivity index is 2.08. The number of amides is 2. The quantitative estimate of drug-likeness (QED) is 0.695. The highest BCUT2D eigenvalue weighted by molar-refractivity contribution is 6.35. The molecule has 0 bridgehead atoms. The van der Waals surface area contributed by atoms with Gasteiger partial charge in [0, 0.05) is 34.7 Å². The van der Waals surface area contributed by atoms with E-state index in [0.29, 0.717) is 15.7 Å². The number of hydrogen-bond donors (Lipinski definition) is 2. The van der Waals surface area contributed by atoms with Gasteiger partial charge in [0.05, 0.1) is 6.54 Å². The van der Waals surface area contributed by atoms with Crippen molar-refractivity contribution >= 4 is 40.7 Å². The molecule has 2 aromatic rings. The Kier molecular flexibility index (Phi) is 7.59. The number of carbonyl (C=O) groups is 2. The fourth-order valence-corrected chi connectivity index (χ4v) is 3.11. The maximum atomic E-state index is 13.2. The number of nitrogens with two attached hydrogens (primary N) is 1. The van der Waals surface area contributed by atoms with Crippen molar-refractivity contribution in [1.29, 1.82) is 0 Å². The Morgan fingerprint density at radius 1 is 1.19 bits per heavy atom. The topological polar surface area (TPSA) is 75.4 Å². The standard InChI is InChI=1S/C19H20Cl2FN3O2/c1-12(16-7-2-13(20)10-17(16)21)24-11-19(27)25(9-8-18(23)26)15-5-3-14(22)4-6-15/h2-7,10,12,24H,8-9,11H2,1H3,(H2,23,26). The van der Waals surface area contributed by atoms with Gasteiger partial charge in [0.2, 0.25) is 11.8 Å². The Bertz CT molecular complexity index is 815. The van der Waals surface area contributed by atoms with Crippen molar-refractivity contribution in [3.8, 4) is 0 Å². The third-order valence-corrected chi connectivity index (χ3v) is 4.57. The predicted molar refractivity (Wildman–Crippen MR) is 105 cm³/mol.